The van der Waals surface area contributed by atoms with E-state index in [1.165, 1.54) is 41.1 Å². The molecule has 1 atom stereocenters. The van der Waals surface area contributed by atoms with E-state index in [1.807, 2.05) is 6.07 Å². The maximum absolute atomic E-state index is 13.0. The van der Waals surface area contributed by atoms with Gasteiger partial charge in [-0.2, -0.15) is 0 Å². The first-order chi connectivity index (χ1) is 13.5. The zero-order valence-corrected chi connectivity index (χ0v) is 15.4. The molecule has 2 aromatic rings. The first kappa shape index (κ1) is 19.3. The van der Waals surface area contributed by atoms with Gasteiger partial charge in [0.15, 0.2) is 0 Å². The van der Waals surface area contributed by atoms with E-state index < -0.39 is 17.9 Å². The Morgan fingerprint density at radius 3 is 2.32 bits per heavy atom. The van der Waals surface area contributed by atoms with Crippen molar-refractivity contribution in [2.24, 2.45) is 0 Å². The zero-order chi connectivity index (χ0) is 20.1. The summed E-state index contributed by atoms with van der Waals surface area (Å²) in [6, 6.07) is 12.9. The highest BCUT2D eigenvalue weighted by Crippen LogP contribution is 2.16. The first-order valence-corrected chi connectivity index (χ1v) is 8.88. The summed E-state index contributed by atoms with van der Waals surface area (Å²) >= 11 is 0. The van der Waals surface area contributed by atoms with Gasteiger partial charge >= 0.3 is 6.03 Å². The molecule has 4 amide bonds. The van der Waals surface area contributed by atoms with Crippen LogP contribution in [0.4, 0.5) is 14.9 Å². The number of carbonyl (C=O) groups is 3. The van der Waals surface area contributed by atoms with E-state index in [-0.39, 0.29) is 31.4 Å². The van der Waals surface area contributed by atoms with Crippen LogP contribution >= 0.6 is 0 Å². The summed E-state index contributed by atoms with van der Waals surface area (Å²) in [6.45, 7) is 0.563. The summed E-state index contributed by atoms with van der Waals surface area (Å²) in [7, 11) is 1.49. The van der Waals surface area contributed by atoms with Crippen molar-refractivity contribution in [1.29, 1.82) is 0 Å². The number of hydrogen-bond donors (Lipinski definition) is 2. The average molecular weight is 384 g/mol. The fourth-order valence-electron chi connectivity index (χ4n) is 3.08. The lowest BCUT2D eigenvalue weighted by molar-refractivity contribution is -0.126. The van der Waals surface area contributed by atoms with Gasteiger partial charge < -0.3 is 20.4 Å². The topological polar surface area (TPSA) is 81.8 Å². The molecule has 2 aromatic carbocycles. The van der Waals surface area contributed by atoms with Gasteiger partial charge in [-0.3, -0.25) is 9.59 Å². The number of piperazine rings is 1. The molecule has 0 aromatic heterocycles. The summed E-state index contributed by atoms with van der Waals surface area (Å²) in [5.41, 5.74) is 0.936. The Morgan fingerprint density at radius 1 is 1.00 bits per heavy atom. The molecule has 1 saturated heterocycles. The van der Waals surface area contributed by atoms with Gasteiger partial charge in [0.25, 0.3) is 5.91 Å². The van der Waals surface area contributed by atoms with Crippen LogP contribution in [-0.2, 0) is 4.79 Å². The Labute approximate surface area is 162 Å². The van der Waals surface area contributed by atoms with Crippen molar-refractivity contribution in [2.75, 3.05) is 32.0 Å². The molecule has 0 bridgehead atoms. The van der Waals surface area contributed by atoms with Gasteiger partial charge in [-0.25, -0.2) is 9.18 Å². The van der Waals surface area contributed by atoms with E-state index >= 15 is 0 Å². The molecule has 1 fully saturated rings. The van der Waals surface area contributed by atoms with E-state index in [0.717, 1.165) is 0 Å². The highest BCUT2D eigenvalue weighted by molar-refractivity contribution is 5.98. The second kappa shape index (κ2) is 8.51. The smallest absolute Gasteiger partial charge is 0.321 e. The number of amides is 4. The number of carbonyl (C=O) groups excluding carboxylic acids is 3. The average Bonchev–Trinajstić information content (AvgIpc) is 2.74. The molecular formula is C20H21FN4O3. The highest BCUT2D eigenvalue weighted by Gasteiger charge is 2.36. The molecule has 0 spiro atoms. The van der Waals surface area contributed by atoms with Gasteiger partial charge in [-0.1, -0.05) is 18.2 Å². The summed E-state index contributed by atoms with van der Waals surface area (Å²) in [5, 5.41) is 5.23. The van der Waals surface area contributed by atoms with Crippen LogP contribution in [0.2, 0.25) is 0 Å². The number of halogens is 1. The van der Waals surface area contributed by atoms with Crippen LogP contribution in [0.25, 0.3) is 0 Å². The van der Waals surface area contributed by atoms with Crippen LogP contribution in [0.5, 0.6) is 0 Å². The number of likely N-dealkylation sites (N-methyl/N-ethyl adjacent to an activating group) is 1. The van der Waals surface area contributed by atoms with Gasteiger partial charge in [0, 0.05) is 31.4 Å². The maximum atomic E-state index is 13.0. The first-order valence-electron chi connectivity index (χ1n) is 8.88. The fraction of sp³-hybridized carbons (Fsp3) is 0.250. The monoisotopic (exact) mass is 384 g/mol. The SMILES string of the molecule is CNC(=O)C1CN(C(=O)Nc2ccc(F)cc2)CCN1C(=O)c1ccccc1. The third-order valence-electron chi connectivity index (χ3n) is 4.59. The minimum Gasteiger partial charge on any atom is -0.357 e. The lowest BCUT2D eigenvalue weighted by atomic mass is 10.1. The number of rotatable bonds is 3. The molecule has 0 aliphatic carbocycles. The van der Waals surface area contributed by atoms with Gasteiger partial charge in [-0.15, -0.1) is 0 Å². The Kier molecular flexibility index (Phi) is 5.88. The number of nitrogens with one attached hydrogen (secondary N) is 2. The normalized spacial score (nSPS) is 16.4. The molecule has 1 unspecified atom stereocenters. The summed E-state index contributed by atoms with van der Waals surface area (Å²) in [6.07, 6.45) is 0. The Hall–Kier alpha value is -3.42. The van der Waals surface area contributed by atoms with Crippen LogP contribution < -0.4 is 10.6 Å². The molecule has 2 N–H and O–H groups in total. The third kappa shape index (κ3) is 4.28. The Bertz CT molecular complexity index is 858. The minimum absolute atomic E-state index is 0.0608. The molecule has 0 radical (unpaired) electrons. The highest BCUT2D eigenvalue weighted by atomic mass is 19.1. The van der Waals surface area contributed by atoms with E-state index in [1.54, 1.807) is 24.3 Å². The van der Waals surface area contributed by atoms with Crippen molar-refractivity contribution in [1.82, 2.24) is 15.1 Å². The lowest BCUT2D eigenvalue weighted by Crippen LogP contribution is -2.61. The summed E-state index contributed by atoms with van der Waals surface area (Å²) < 4.78 is 13.0. The molecule has 3 rings (SSSR count). The molecule has 146 valence electrons. The molecule has 7 nitrogen and oxygen atoms in total. The van der Waals surface area contributed by atoms with Gasteiger partial charge in [0.05, 0.1) is 6.54 Å². The molecule has 1 heterocycles. The number of anilines is 1. The minimum atomic E-state index is -0.801. The van der Waals surface area contributed by atoms with Crippen LogP contribution in [0.15, 0.2) is 54.6 Å². The van der Waals surface area contributed by atoms with Crippen LogP contribution in [0.3, 0.4) is 0 Å². The quantitative estimate of drug-likeness (QED) is 0.849. The van der Waals surface area contributed by atoms with Crippen molar-refractivity contribution in [3.63, 3.8) is 0 Å². The van der Waals surface area contributed by atoms with Crippen molar-refractivity contribution in [3.8, 4) is 0 Å². The van der Waals surface area contributed by atoms with Crippen molar-refractivity contribution < 1.29 is 18.8 Å². The molecule has 28 heavy (non-hydrogen) atoms. The Morgan fingerprint density at radius 2 is 1.68 bits per heavy atom. The van der Waals surface area contributed by atoms with Crippen molar-refractivity contribution >= 4 is 23.5 Å². The number of benzene rings is 2. The Balaban J connectivity index is 1.73. The largest absolute Gasteiger partial charge is 0.357 e. The number of hydrogen-bond acceptors (Lipinski definition) is 3. The van der Waals surface area contributed by atoms with E-state index in [9.17, 15) is 18.8 Å². The lowest BCUT2D eigenvalue weighted by Gasteiger charge is -2.40. The molecule has 8 heteroatoms. The zero-order valence-electron chi connectivity index (χ0n) is 15.4. The predicted molar refractivity (Wildman–Crippen MR) is 102 cm³/mol. The standard InChI is InChI=1S/C20H21FN4O3/c1-22-18(26)17-13-24(20(28)23-16-9-7-15(21)8-10-16)11-12-25(17)19(27)14-5-3-2-4-6-14/h2-10,17H,11-13H2,1H3,(H,22,26)(H,23,28). The van der Waals surface area contributed by atoms with E-state index in [4.69, 9.17) is 0 Å². The molecule has 1 aliphatic heterocycles. The second-order valence-electron chi connectivity index (χ2n) is 6.38. The molecular weight excluding hydrogens is 363 g/mol. The number of nitrogens with zero attached hydrogens (tertiary/aromatic N) is 2. The maximum Gasteiger partial charge on any atom is 0.321 e. The van der Waals surface area contributed by atoms with Gasteiger partial charge in [0.1, 0.15) is 11.9 Å². The predicted octanol–water partition coefficient (Wildman–Crippen LogP) is 1.93. The van der Waals surface area contributed by atoms with E-state index in [0.29, 0.717) is 11.3 Å². The van der Waals surface area contributed by atoms with Crippen LogP contribution in [-0.4, -0.2) is 60.4 Å². The molecule has 0 saturated carbocycles. The third-order valence-corrected chi connectivity index (χ3v) is 4.59. The van der Waals surface area contributed by atoms with Crippen LogP contribution in [0, 0.1) is 5.82 Å². The number of urea groups is 1. The van der Waals surface area contributed by atoms with Crippen molar-refractivity contribution in [2.45, 2.75) is 6.04 Å². The van der Waals surface area contributed by atoms with Crippen LogP contribution in [0.1, 0.15) is 10.4 Å². The summed E-state index contributed by atoms with van der Waals surface area (Å²) in [5.74, 6) is -0.998. The van der Waals surface area contributed by atoms with E-state index in [2.05, 4.69) is 10.6 Å². The van der Waals surface area contributed by atoms with Crippen molar-refractivity contribution in [3.05, 3.63) is 66.0 Å². The fourth-order valence-corrected chi connectivity index (χ4v) is 3.08. The van der Waals surface area contributed by atoms with Gasteiger partial charge in [-0.05, 0) is 36.4 Å². The molecule has 1 aliphatic rings. The van der Waals surface area contributed by atoms with Gasteiger partial charge in [0.2, 0.25) is 5.91 Å². The second-order valence-corrected chi connectivity index (χ2v) is 6.38. The summed E-state index contributed by atoms with van der Waals surface area (Å²) in [4.78, 5) is 40.7.